The van der Waals surface area contributed by atoms with Gasteiger partial charge in [-0.05, 0) is 37.6 Å². The number of nitrogens with one attached hydrogen (secondary N) is 1. The average molecular weight is 197 g/mol. The largest absolute Gasteiger partial charge is 0.393 e. The number of halogens is 1. The van der Waals surface area contributed by atoms with E-state index in [4.69, 9.17) is 5.11 Å². The maximum Gasteiger partial charge on any atom is 0.123 e. The minimum absolute atomic E-state index is 0.210. The fourth-order valence-corrected chi connectivity index (χ4v) is 1.15. The number of benzene rings is 1. The van der Waals surface area contributed by atoms with Gasteiger partial charge in [-0.2, -0.15) is 0 Å². The standard InChI is InChI=1S/C11H16FNO/c1-9(14)6-7-13-8-10-2-4-11(12)5-3-10/h2-5,9,13-14H,6-8H2,1H3/t9-/m1/s1. The van der Waals surface area contributed by atoms with Crippen LogP contribution in [0.15, 0.2) is 24.3 Å². The molecule has 0 spiro atoms. The van der Waals surface area contributed by atoms with Gasteiger partial charge in [0.1, 0.15) is 5.82 Å². The van der Waals surface area contributed by atoms with Crippen molar-refractivity contribution < 1.29 is 9.50 Å². The van der Waals surface area contributed by atoms with Crippen molar-refractivity contribution in [3.8, 4) is 0 Å². The van der Waals surface area contributed by atoms with Crippen LogP contribution >= 0.6 is 0 Å². The molecular formula is C11H16FNO. The normalized spacial score (nSPS) is 12.8. The highest BCUT2D eigenvalue weighted by Gasteiger charge is 1.96. The van der Waals surface area contributed by atoms with E-state index < -0.39 is 0 Å². The lowest BCUT2D eigenvalue weighted by Crippen LogP contribution is -2.18. The fraction of sp³-hybridized carbons (Fsp3) is 0.455. The lowest BCUT2D eigenvalue weighted by atomic mass is 10.2. The molecule has 0 aliphatic heterocycles. The van der Waals surface area contributed by atoms with Gasteiger partial charge in [-0.25, -0.2) is 4.39 Å². The highest BCUT2D eigenvalue weighted by Crippen LogP contribution is 2.01. The second-order valence-corrected chi connectivity index (χ2v) is 3.44. The third kappa shape index (κ3) is 4.35. The van der Waals surface area contributed by atoms with Crippen LogP contribution in [0.3, 0.4) is 0 Å². The molecule has 2 nitrogen and oxygen atoms in total. The van der Waals surface area contributed by atoms with Crippen molar-refractivity contribution in [2.45, 2.75) is 26.0 Å². The average Bonchev–Trinajstić information content (AvgIpc) is 2.15. The summed E-state index contributed by atoms with van der Waals surface area (Å²) in [5, 5.41) is 12.2. The molecule has 1 atom stereocenters. The Balaban J connectivity index is 2.21. The monoisotopic (exact) mass is 197 g/mol. The first-order chi connectivity index (χ1) is 6.68. The summed E-state index contributed by atoms with van der Waals surface area (Å²) in [6.45, 7) is 3.25. The minimum Gasteiger partial charge on any atom is -0.393 e. The predicted octanol–water partition coefficient (Wildman–Crippen LogP) is 1.69. The molecule has 0 aliphatic rings. The molecule has 0 unspecified atom stereocenters. The molecular weight excluding hydrogens is 181 g/mol. The van der Waals surface area contributed by atoms with E-state index in [0.29, 0.717) is 6.54 Å². The van der Waals surface area contributed by atoms with Gasteiger partial charge < -0.3 is 10.4 Å². The Morgan fingerprint density at radius 1 is 1.36 bits per heavy atom. The van der Waals surface area contributed by atoms with Gasteiger partial charge in [0.25, 0.3) is 0 Å². The summed E-state index contributed by atoms with van der Waals surface area (Å²) in [6.07, 6.45) is 0.469. The van der Waals surface area contributed by atoms with E-state index in [1.54, 1.807) is 19.1 Å². The van der Waals surface area contributed by atoms with E-state index in [2.05, 4.69) is 5.32 Å². The van der Waals surface area contributed by atoms with Crippen LogP contribution in [0.4, 0.5) is 4.39 Å². The first-order valence-electron chi connectivity index (χ1n) is 4.81. The van der Waals surface area contributed by atoms with Gasteiger partial charge in [0.2, 0.25) is 0 Å². The van der Waals surface area contributed by atoms with E-state index in [-0.39, 0.29) is 11.9 Å². The first-order valence-corrected chi connectivity index (χ1v) is 4.81. The summed E-state index contributed by atoms with van der Waals surface area (Å²) < 4.78 is 12.5. The lowest BCUT2D eigenvalue weighted by molar-refractivity contribution is 0.183. The van der Waals surface area contributed by atoms with Crippen molar-refractivity contribution >= 4 is 0 Å². The van der Waals surface area contributed by atoms with Crippen LogP contribution in [-0.4, -0.2) is 17.8 Å². The number of hydrogen-bond acceptors (Lipinski definition) is 2. The third-order valence-electron chi connectivity index (χ3n) is 1.98. The van der Waals surface area contributed by atoms with Gasteiger partial charge in [-0.3, -0.25) is 0 Å². The maximum absolute atomic E-state index is 12.5. The number of aliphatic hydroxyl groups excluding tert-OH is 1. The first kappa shape index (κ1) is 11.1. The summed E-state index contributed by atoms with van der Waals surface area (Å²) in [4.78, 5) is 0. The second kappa shape index (κ2) is 5.73. The van der Waals surface area contributed by atoms with Crippen molar-refractivity contribution in [2.75, 3.05) is 6.54 Å². The van der Waals surface area contributed by atoms with E-state index in [0.717, 1.165) is 18.5 Å². The molecule has 14 heavy (non-hydrogen) atoms. The molecule has 0 saturated carbocycles. The summed E-state index contributed by atoms with van der Waals surface area (Å²) in [5.41, 5.74) is 1.05. The SMILES string of the molecule is C[C@@H](O)CCNCc1ccc(F)cc1. The Labute approximate surface area is 83.8 Å². The number of hydrogen-bond donors (Lipinski definition) is 2. The van der Waals surface area contributed by atoms with Crippen LogP contribution in [0.2, 0.25) is 0 Å². The van der Waals surface area contributed by atoms with Crippen LogP contribution in [-0.2, 0) is 6.54 Å². The highest BCUT2D eigenvalue weighted by atomic mass is 19.1. The smallest absolute Gasteiger partial charge is 0.123 e. The fourth-order valence-electron chi connectivity index (χ4n) is 1.15. The zero-order valence-electron chi connectivity index (χ0n) is 8.33. The Morgan fingerprint density at radius 3 is 2.57 bits per heavy atom. The van der Waals surface area contributed by atoms with Gasteiger partial charge in [0.05, 0.1) is 6.10 Å². The van der Waals surface area contributed by atoms with Crippen LogP contribution in [0, 0.1) is 5.82 Å². The molecule has 3 heteroatoms. The van der Waals surface area contributed by atoms with Crippen molar-refractivity contribution in [3.05, 3.63) is 35.6 Å². The van der Waals surface area contributed by atoms with Gasteiger partial charge >= 0.3 is 0 Å². The van der Waals surface area contributed by atoms with Crippen LogP contribution in [0.1, 0.15) is 18.9 Å². The van der Waals surface area contributed by atoms with Crippen molar-refractivity contribution in [1.82, 2.24) is 5.32 Å². The Hall–Kier alpha value is -0.930. The van der Waals surface area contributed by atoms with Gasteiger partial charge in [0, 0.05) is 6.54 Å². The predicted molar refractivity (Wildman–Crippen MR) is 54.4 cm³/mol. The topological polar surface area (TPSA) is 32.3 Å². The molecule has 0 radical (unpaired) electrons. The molecule has 0 fully saturated rings. The number of rotatable bonds is 5. The molecule has 0 saturated heterocycles. The molecule has 2 N–H and O–H groups in total. The summed E-state index contributed by atoms with van der Waals surface area (Å²) in [5.74, 6) is -0.210. The molecule has 0 aromatic heterocycles. The van der Waals surface area contributed by atoms with Gasteiger partial charge in [0.15, 0.2) is 0 Å². The molecule has 1 aromatic carbocycles. The van der Waals surface area contributed by atoms with E-state index in [9.17, 15) is 4.39 Å². The Kier molecular flexibility index (Phi) is 4.56. The Morgan fingerprint density at radius 2 is 2.00 bits per heavy atom. The van der Waals surface area contributed by atoms with E-state index >= 15 is 0 Å². The van der Waals surface area contributed by atoms with Gasteiger partial charge in [-0.15, -0.1) is 0 Å². The molecule has 0 heterocycles. The van der Waals surface area contributed by atoms with Crippen LogP contribution in [0.25, 0.3) is 0 Å². The number of aliphatic hydroxyl groups is 1. The Bertz CT molecular complexity index is 258. The molecule has 1 aromatic rings. The third-order valence-corrected chi connectivity index (χ3v) is 1.98. The summed E-state index contributed by atoms with van der Waals surface area (Å²) in [7, 11) is 0. The maximum atomic E-state index is 12.5. The van der Waals surface area contributed by atoms with Crippen LogP contribution < -0.4 is 5.32 Å². The molecule has 0 aliphatic carbocycles. The molecule has 0 amide bonds. The summed E-state index contributed by atoms with van der Waals surface area (Å²) >= 11 is 0. The van der Waals surface area contributed by atoms with Crippen molar-refractivity contribution in [2.24, 2.45) is 0 Å². The molecule has 1 rings (SSSR count). The van der Waals surface area contributed by atoms with E-state index in [1.807, 2.05) is 0 Å². The molecule has 78 valence electrons. The quantitative estimate of drug-likeness (QED) is 0.704. The van der Waals surface area contributed by atoms with Crippen molar-refractivity contribution in [1.29, 1.82) is 0 Å². The zero-order valence-corrected chi connectivity index (χ0v) is 8.33. The van der Waals surface area contributed by atoms with Gasteiger partial charge in [-0.1, -0.05) is 12.1 Å². The van der Waals surface area contributed by atoms with Crippen molar-refractivity contribution in [3.63, 3.8) is 0 Å². The second-order valence-electron chi connectivity index (χ2n) is 3.44. The molecule has 0 bridgehead atoms. The highest BCUT2D eigenvalue weighted by molar-refractivity contribution is 5.15. The zero-order chi connectivity index (χ0) is 10.4. The van der Waals surface area contributed by atoms with E-state index in [1.165, 1.54) is 12.1 Å². The summed E-state index contributed by atoms with van der Waals surface area (Å²) in [6, 6.07) is 6.41. The lowest BCUT2D eigenvalue weighted by Gasteiger charge is -2.06. The minimum atomic E-state index is -0.268. The van der Waals surface area contributed by atoms with Crippen LogP contribution in [0.5, 0.6) is 0 Å².